The van der Waals surface area contributed by atoms with Gasteiger partial charge in [0.05, 0.1) is 5.56 Å². The van der Waals surface area contributed by atoms with Crippen molar-refractivity contribution < 1.29 is 36.7 Å². The van der Waals surface area contributed by atoms with E-state index in [4.69, 9.17) is 8.24 Å². The molecule has 9 nitrogen and oxygen atoms in total. The molecule has 0 aliphatic carbocycles. The molecule has 2 aliphatic heterocycles. The van der Waals surface area contributed by atoms with E-state index in [0.29, 0.717) is 12.1 Å². The van der Waals surface area contributed by atoms with Gasteiger partial charge in [-0.3, -0.25) is 4.79 Å². The number of likely N-dealkylation sites (tertiary alicyclic amines) is 1. The summed E-state index contributed by atoms with van der Waals surface area (Å²) >= 11 is 0.900. The Balaban J connectivity index is 0.000000199. The van der Waals surface area contributed by atoms with Gasteiger partial charge in [0, 0.05) is 37.2 Å². The first-order valence-corrected chi connectivity index (χ1v) is 13.5. The molecule has 38 heavy (non-hydrogen) atoms. The van der Waals surface area contributed by atoms with E-state index in [1.807, 2.05) is 66.6 Å². The molecule has 0 radical (unpaired) electrons. The number of nitrogens with zero attached hydrogens (tertiary/aromatic N) is 4. The summed E-state index contributed by atoms with van der Waals surface area (Å²) in [5, 5.41) is 7.27. The second kappa shape index (κ2) is 13.7. The molecule has 1 spiro atoms. The van der Waals surface area contributed by atoms with Crippen LogP contribution in [0.1, 0.15) is 62.4 Å². The number of amides is 2. The van der Waals surface area contributed by atoms with Crippen molar-refractivity contribution in [2.24, 2.45) is 0 Å². The molecule has 0 unspecified atom stereocenters. The minimum atomic E-state index is -0.403. The van der Waals surface area contributed by atoms with Crippen molar-refractivity contribution >= 4 is 17.6 Å². The predicted molar refractivity (Wildman–Crippen MR) is 140 cm³/mol. The van der Waals surface area contributed by atoms with Crippen LogP contribution in [0.3, 0.4) is 0 Å². The first-order valence-electron chi connectivity index (χ1n) is 12.7. The van der Waals surface area contributed by atoms with Gasteiger partial charge in [0.1, 0.15) is 11.2 Å². The summed E-state index contributed by atoms with van der Waals surface area (Å²) in [7, 11) is 0. The summed E-state index contributed by atoms with van der Waals surface area (Å²) in [6, 6.07) is 14.1. The minimum absolute atomic E-state index is 0.0457. The first-order chi connectivity index (χ1) is 18.3. The molecule has 0 saturated carbocycles. The van der Waals surface area contributed by atoms with Gasteiger partial charge in [-0.2, -0.15) is 30.3 Å². The van der Waals surface area contributed by atoms with Gasteiger partial charge < -0.3 is 24.7 Å². The molecule has 0 atom stereocenters. The van der Waals surface area contributed by atoms with Crippen LogP contribution in [0.4, 0.5) is 4.79 Å². The molecule has 203 valence electrons. The van der Waals surface area contributed by atoms with E-state index in [0.717, 1.165) is 75.4 Å². The van der Waals surface area contributed by atoms with Gasteiger partial charge in [0.15, 0.2) is 0 Å². The third kappa shape index (κ3) is 8.03. The molecule has 1 aromatic carbocycles. The molecule has 2 fully saturated rings. The second-order valence-electron chi connectivity index (χ2n) is 10.3. The van der Waals surface area contributed by atoms with Crippen LogP contribution in [-0.2, 0) is 33.6 Å². The maximum absolute atomic E-state index is 12.2. The van der Waals surface area contributed by atoms with E-state index in [9.17, 15) is 9.59 Å². The van der Waals surface area contributed by atoms with E-state index >= 15 is 0 Å². The number of piperidine rings is 1. The topological polar surface area (TPSA) is 107 Å². The van der Waals surface area contributed by atoms with E-state index in [1.54, 1.807) is 18.5 Å². The van der Waals surface area contributed by atoms with Crippen molar-refractivity contribution in [1.82, 2.24) is 19.6 Å². The summed E-state index contributed by atoms with van der Waals surface area (Å²) < 4.78 is 15.6. The summed E-state index contributed by atoms with van der Waals surface area (Å²) in [6.07, 6.45) is 9.38. The molecule has 2 aromatic heterocycles. The molecule has 4 heterocycles. The predicted octanol–water partition coefficient (Wildman–Crippen LogP) is 4.87. The molecular formula is C28H35N5O4Tc. The quantitative estimate of drug-likeness (QED) is 0.430. The number of nitrogens with one attached hydrogen (secondary N) is 1. The average Bonchev–Trinajstić information content (AvgIpc) is 3.55. The van der Waals surface area contributed by atoms with Crippen molar-refractivity contribution in [3.8, 4) is 0 Å². The van der Waals surface area contributed by atoms with Gasteiger partial charge in [-0.1, -0.05) is 0 Å². The molecule has 3 aromatic rings. The van der Waals surface area contributed by atoms with Crippen LogP contribution in [0.25, 0.3) is 11.0 Å². The van der Waals surface area contributed by atoms with E-state index < -0.39 is 5.60 Å². The zero-order chi connectivity index (χ0) is 27.6. The number of hydrogen-bond donors (Lipinski definition) is 1. The van der Waals surface area contributed by atoms with Crippen molar-refractivity contribution in [3.63, 3.8) is 0 Å². The maximum atomic E-state index is 12.2. The molecule has 2 aliphatic rings. The number of aromatic nitrogens is 2. The van der Waals surface area contributed by atoms with Gasteiger partial charge >= 0.3 is 28.5 Å². The Hall–Kier alpha value is -2.94. The fourth-order valence-corrected chi connectivity index (χ4v) is 4.75. The van der Waals surface area contributed by atoms with E-state index in [-0.39, 0.29) is 17.5 Å². The standard InChI is InChI=1S/C15H12N3O.C13H23N2O2.O.Tc/c19-15(17-10-12-4-2-1-3-5-12)13-6-7-14-16-8-9-18(14)11-13;1-12(2,3)17-11(16)15-10-4-5-13(15)6-8-14-9-7-13;;/h2-9,11H,10H2,(H,17,19);4-10H2,1-3H3;;/q2*-1;;+2. The van der Waals surface area contributed by atoms with Crippen molar-refractivity contribution in [3.05, 3.63) is 77.5 Å². The number of carbonyl (C=O) groups excluding carboxylic acids is 2. The fourth-order valence-electron chi connectivity index (χ4n) is 4.75. The monoisotopic (exact) mass is 602 g/mol. The van der Waals surface area contributed by atoms with Crippen molar-refractivity contribution in [2.75, 3.05) is 19.6 Å². The number of hydrogen-bond acceptors (Lipinski definition) is 5. The molecule has 2 amide bonds. The molecule has 5 rings (SSSR count). The Kier molecular flexibility index (Phi) is 10.7. The summed E-state index contributed by atoms with van der Waals surface area (Å²) in [6.45, 7) is 8.89. The molecule has 1 N–H and O–H groups in total. The van der Waals surface area contributed by atoms with Crippen LogP contribution >= 0.6 is 0 Å². The number of imidazole rings is 1. The SMILES string of the molecule is CC(C)(C)OC(=O)N1CCCC12CC[N-]CC2.O=C(NCc1cc[c-]cc1)c1ccc2nccn2c1.[O]=[Tc+2]. The van der Waals surface area contributed by atoms with Gasteiger partial charge in [0.25, 0.3) is 5.91 Å². The second-order valence-corrected chi connectivity index (χ2v) is 10.3. The van der Waals surface area contributed by atoms with Crippen LogP contribution < -0.4 is 5.32 Å². The Bertz CT molecular complexity index is 1190. The number of fused-ring (bicyclic) bond motifs is 1. The van der Waals surface area contributed by atoms with Gasteiger partial charge in [-0.25, -0.2) is 9.78 Å². The molecular weight excluding hydrogens is 568 g/mol. The normalized spacial score (nSPS) is 16.1. The summed E-state index contributed by atoms with van der Waals surface area (Å²) in [4.78, 5) is 30.3. The van der Waals surface area contributed by atoms with Crippen LogP contribution in [0.15, 0.2) is 55.0 Å². The van der Waals surface area contributed by atoms with Crippen LogP contribution in [0.5, 0.6) is 0 Å². The summed E-state index contributed by atoms with van der Waals surface area (Å²) in [5.41, 5.74) is 2.14. The van der Waals surface area contributed by atoms with Gasteiger partial charge in [0.2, 0.25) is 0 Å². The van der Waals surface area contributed by atoms with Crippen molar-refractivity contribution in [1.29, 1.82) is 0 Å². The first kappa shape index (κ1) is 29.6. The summed E-state index contributed by atoms with van der Waals surface area (Å²) in [5.74, 6) is -0.0940. The van der Waals surface area contributed by atoms with E-state index in [2.05, 4.69) is 21.7 Å². The van der Waals surface area contributed by atoms with E-state index in [1.165, 1.54) is 0 Å². The van der Waals surface area contributed by atoms with Gasteiger partial charge in [-0.15, -0.1) is 18.7 Å². The van der Waals surface area contributed by atoms with Crippen LogP contribution in [0, 0.1) is 6.07 Å². The zero-order valence-electron chi connectivity index (χ0n) is 22.2. The number of ether oxygens (including phenoxy) is 1. The zero-order valence-corrected chi connectivity index (χ0v) is 24.0. The molecule has 0 bridgehead atoms. The molecule has 10 heteroatoms. The third-order valence-corrected chi connectivity index (χ3v) is 6.57. The Morgan fingerprint density at radius 2 is 1.84 bits per heavy atom. The number of pyridine rings is 1. The molecule has 2 saturated heterocycles. The van der Waals surface area contributed by atoms with Crippen LogP contribution in [0.2, 0.25) is 0 Å². The number of benzene rings is 1. The fraction of sp³-hybridized carbons (Fsp3) is 0.464. The Labute approximate surface area is 234 Å². The number of carbonyl (C=O) groups is 2. The van der Waals surface area contributed by atoms with Gasteiger partial charge in [-0.05, 0) is 58.6 Å². The number of rotatable bonds is 3. The van der Waals surface area contributed by atoms with Crippen LogP contribution in [-0.4, -0.2) is 57.1 Å². The Morgan fingerprint density at radius 3 is 2.53 bits per heavy atom. The van der Waals surface area contributed by atoms with Crippen molar-refractivity contribution in [2.45, 2.75) is 64.1 Å². The Morgan fingerprint density at radius 1 is 1.13 bits per heavy atom. The third-order valence-electron chi connectivity index (χ3n) is 6.57. The average molecular weight is 604 g/mol.